The molecule has 1 aliphatic heterocycles. The number of hydrogen-bond acceptors (Lipinski definition) is 4. The molecule has 1 amide bonds. The number of halogens is 1. The van der Waals surface area contributed by atoms with Crippen LogP contribution in [0.5, 0.6) is 0 Å². The van der Waals surface area contributed by atoms with Crippen molar-refractivity contribution in [1.29, 1.82) is 0 Å². The molecule has 4 nitrogen and oxygen atoms in total. The molecule has 0 spiro atoms. The molecular formula is C20H16ClNO3S2. The second-order valence-corrected chi connectivity index (χ2v) is 8.04. The highest BCUT2D eigenvalue weighted by molar-refractivity contribution is 8.26. The average Bonchev–Trinajstić information content (AvgIpc) is 2.89. The van der Waals surface area contributed by atoms with Crippen molar-refractivity contribution < 1.29 is 14.7 Å². The number of amides is 1. The van der Waals surface area contributed by atoms with Crippen LogP contribution in [0.15, 0.2) is 53.4 Å². The highest BCUT2D eigenvalue weighted by atomic mass is 35.5. The van der Waals surface area contributed by atoms with Gasteiger partial charge in [-0.05, 0) is 41.3 Å². The monoisotopic (exact) mass is 417 g/mol. The molecule has 1 fully saturated rings. The molecule has 0 saturated carbocycles. The number of rotatable bonds is 6. The Balaban J connectivity index is 1.86. The second-order valence-electron chi connectivity index (χ2n) is 5.93. The van der Waals surface area contributed by atoms with Gasteiger partial charge < -0.3 is 5.11 Å². The van der Waals surface area contributed by atoms with Crippen LogP contribution in [0.2, 0.25) is 5.02 Å². The summed E-state index contributed by atoms with van der Waals surface area (Å²) in [5.41, 5.74) is 2.83. The molecule has 0 aromatic heterocycles. The van der Waals surface area contributed by atoms with Crippen LogP contribution in [0.4, 0.5) is 0 Å². The van der Waals surface area contributed by atoms with Crippen molar-refractivity contribution >= 4 is 57.9 Å². The summed E-state index contributed by atoms with van der Waals surface area (Å²) in [5.74, 6) is -1.07. The van der Waals surface area contributed by atoms with Gasteiger partial charge in [0.05, 0.1) is 4.91 Å². The van der Waals surface area contributed by atoms with E-state index in [4.69, 9.17) is 28.9 Å². The molecule has 1 saturated heterocycles. The standard InChI is InChI=1S/C20H16ClNO3S2/c21-15-7-3-6-13(11-15)16-8-2-1-5-14(16)12-17-19(25)22(20(26)27-17)10-4-9-18(23)24/h1-3,5-8,11-12H,4,9-10H2,(H,23,24)/b17-12-. The van der Waals surface area contributed by atoms with Crippen molar-refractivity contribution in [2.24, 2.45) is 0 Å². The molecule has 0 unspecified atom stereocenters. The normalized spacial score (nSPS) is 15.6. The summed E-state index contributed by atoms with van der Waals surface area (Å²) in [5, 5.41) is 9.41. The summed E-state index contributed by atoms with van der Waals surface area (Å²) in [7, 11) is 0. The average molecular weight is 418 g/mol. The number of thiocarbonyl (C=S) groups is 1. The molecule has 1 heterocycles. The lowest BCUT2D eigenvalue weighted by atomic mass is 9.99. The van der Waals surface area contributed by atoms with Crippen LogP contribution < -0.4 is 0 Å². The molecule has 1 N–H and O–H groups in total. The third-order valence-electron chi connectivity index (χ3n) is 4.03. The van der Waals surface area contributed by atoms with Crippen molar-refractivity contribution in [3.8, 4) is 11.1 Å². The first-order valence-electron chi connectivity index (χ1n) is 8.28. The summed E-state index contributed by atoms with van der Waals surface area (Å²) >= 11 is 12.6. The van der Waals surface area contributed by atoms with Crippen molar-refractivity contribution in [1.82, 2.24) is 4.90 Å². The van der Waals surface area contributed by atoms with Gasteiger partial charge in [0.2, 0.25) is 0 Å². The van der Waals surface area contributed by atoms with Gasteiger partial charge in [-0.25, -0.2) is 0 Å². The summed E-state index contributed by atoms with van der Waals surface area (Å²) in [6.45, 7) is 0.310. The number of carbonyl (C=O) groups excluding carboxylic acids is 1. The smallest absolute Gasteiger partial charge is 0.303 e. The molecule has 27 heavy (non-hydrogen) atoms. The predicted octanol–water partition coefficient (Wildman–Crippen LogP) is 5.07. The summed E-state index contributed by atoms with van der Waals surface area (Å²) < 4.78 is 0.455. The van der Waals surface area contributed by atoms with Crippen LogP contribution in [0, 0.1) is 0 Å². The lowest BCUT2D eigenvalue weighted by Gasteiger charge is -2.13. The third-order valence-corrected chi connectivity index (χ3v) is 5.64. The molecule has 7 heteroatoms. The van der Waals surface area contributed by atoms with Crippen LogP contribution in [0.3, 0.4) is 0 Å². The molecule has 3 rings (SSSR count). The van der Waals surface area contributed by atoms with Gasteiger partial charge in [0.25, 0.3) is 5.91 Å². The molecule has 0 radical (unpaired) electrons. The molecular weight excluding hydrogens is 402 g/mol. The maximum atomic E-state index is 12.7. The largest absolute Gasteiger partial charge is 0.481 e. The number of benzene rings is 2. The first-order valence-corrected chi connectivity index (χ1v) is 9.88. The van der Waals surface area contributed by atoms with Gasteiger partial charge >= 0.3 is 5.97 Å². The van der Waals surface area contributed by atoms with E-state index in [-0.39, 0.29) is 12.3 Å². The fourth-order valence-electron chi connectivity index (χ4n) is 2.76. The summed E-state index contributed by atoms with van der Waals surface area (Å²) in [6, 6.07) is 15.3. The molecule has 1 aliphatic rings. The predicted molar refractivity (Wildman–Crippen MR) is 114 cm³/mol. The number of hydrogen-bond donors (Lipinski definition) is 1. The molecule has 0 atom stereocenters. The number of thioether (sulfide) groups is 1. The van der Waals surface area contributed by atoms with Gasteiger partial charge in [-0.15, -0.1) is 0 Å². The van der Waals surface area contributed by atoms with Crippen molar-refractivity contribution in [3.63, 3.8) is 0 Å². The molecule has 138 valence electrons. The highest BCUT2D eigenvalue weighted by Crippen LogP contribution is 2.35. The Morgan fingerprint density at radius 2 is 2.00 bits per heavy atom. The Morgan fingerprint density at radius 3 is 2.74 bits per heavy atom. The number of carboxylic acids is 1. The van der Waals surface area contributed by atoms with E-state index in [2.05, 4.69) is 0 Å². The maximum Gasteiger partial charge on any atom is 0.303 e. The van der Waals surface area contributed by atoms with E-state index in [9.17, 15) is 9.59 Å². The minimum atomic E-state index is -0.883. The topological polar surface area (TPSA) is 57.6 Å². The Kier molecular flexibility index (Phi) is 6.31. The van der Waals surface area contributed by atoms with Crippen molar-refractivity contribution in [3.05, 3.63) is 64.0 Å². The van der Waals surface area contributed by atoms with Crippen molar-refractivity contribution in [2.75, 3.05) is 6.54 Å². The Hall–Kier alpha value is -2.15. The number of aliphatic carboxylic acids is 1. The third kappa shape index (κ3) is 4.77. The van der Waals surface area contributed by atoms with E-state index >= 15 is 0 Å². The quantitative estimate of drug-likeness (QED) is 0.525. The SMILES string of the molecule is O=C(O)CCCN1C(=O)/C(=C/c2ccccc2-c2cccc(Cl)c2)SC1=S. The zero-order chi connectivity index (χ0) is 19.4. The van der Waals surface area contributed by atoms with Crippen LogP contribution in [-0.2, 0) is 9.59 Å². The molecule has 0 aliphatic carbocycles. The first-order chi connectivity index (χ1) is 13.0. The van der Waals surface area contributed by atoms with Crippen LogP contribution in [0.25, 0.3) is 17.2 Å². The number of carbonyl (C=O) groups is 2. The fraction of sp³-hybridized carbons (Fsp3) is 0.150. The van der Waals surface area contributed by atoms with E-state index in [0.717, 1.165) is 16.7 Å². The Morgan fingerprint density at radius 1 is 1.22 bits per heavy atom. The maximum absolute atomic E-state index is 12.7. The van der Waals surface area contributed by atoms with Crippen molar-refractivity contribution in [2.45, 2.75) is 12.8 Å². The van der Waals surface area contributed by atoms with E-state index in [1.165, 1.54) is 16.7 Å². The Bertz CT molecular complexity index is 942. The van der Waals surface area contributed by atoms with Crippen LogP contribution in [0.1, 0.15) is 18.4 Å². The minimum Gasteiger partial charge on any atom is -0.481 e. The molecule has 2 aromatic rings. The lowest BCUT2D eigenvalue weighted by Crippen LogP contribution is -2.29. The number of nitrogens with zero attached hydrogens (tertiary/aromatic N) is 1. The summed E-state index contributed by atoms with van der Waals surface area (Å²) in [4.78, 5) is 25.4. The van der Waals surface area contributed by atoms with Gasteiger partial charge in [-0.2, -0.15) is 0 Å². The van der Waals surface area contributed by atoms with Crippen LogP contribution >= 0.6 is 35.6 Å². The zero-order valence-corrected chi connectivity index (χ0v) is 16.6. The second kappa shape index (κ2) is 8.69. The van der Waals surface area contributed by atoms with E-state index < -0.39 is 5.97 Å². The van der Waals surface area contributed by atoms with Crippen LogP contribution in [-0.4, -0.2) is 32.7 Å². The fourth-order valence-corrected chi connectivity index (χ4v) is 4.25. The van der Waals surface area contributed by atoms with Gasteiger partial charge in [-0.1, -0.05) is 72.0 Å². The molecule has 0 bridgehead atoms. The molecule has 2 aromatic carbocycles. The summed E-state index contributed by atoms with van der Waals surface area (Å²) in [6.07, 6.45) is 2.20. The lowest BCUT2D eigenvalue weighted by molar-refractivity contribution is -0.137. The van der Waals surface area contributed by atoms with Gasteiger partial charge in [0, 0.05) is 18.0 Å². The van der Waals surface area contributed by atoms with E-state index in [1.54, 1.807) is 0 Å². The Labute approximate surface area is 171 Å². The van der Waals surface area contributed by atoms with Gasteiger partial charge in [0.1, 0.15) is 4.32 Å². The van der Waals surface area contributed by atoms with E-state index in [1.807, 2.05) is 54.6 Å². The minimum absolute atomic E-state index is 0.00765. The van der Waals surface area contributed by atoms with Gasteiger partial charge in [0.15, 0.2) is 0 Å². The first kappa shape index (κ1) is 19.6. The zero-order valence-electron chi connectivity index (χ0n) is 14.2. The highest BCUT2D eigenvalue weighted by Gasteiger charge is 2.31. The van der Waals surface area contributed by atoms with Gasteiger partial charge in [-0.3, -0.25) is 14.5 Å². The number of carboxylic acid groups (broad SMARTS) is 1. The van der Waals surface area contributed by atoms with E-state index in [0.29, 0.717) is 27.2 Å².